The molecule has 16 heavy (non-hydrogen) atoms. The van der Waals surface area contributed by atoms with E-state index in [2.05, 4.69) is 0 Å². The van der Waals surface area contributed by atoms with Crippen molar-refractivity contribution in [2.45, 2.75) is 17.0 Å². The number of halogens is 10. The maximum Gasteiger partial charge on any atom is 0.434 e. The van der Waals surface area contributed by atoms with Crippen molar-refractivity contribution in [3.63, 3.8) is 0 Å². The van der Waals surface area contributed by atoms with Gasteiger partial charge >= 0.3 is 23.1 Å². The molecule has 0 aliphatic carbocycles. The third-order valence-corrected chi connectivity index (χ3v) is 1.47. The maximum absolute atomic E-state index is 12.1. The molecule has 96 valence electrons. The van der Waals surface area contributed by atoms with Crippen molar-refractivity contribution in [3.8, 4) is 0 Å². The minimum Gasteiger partial charge on any atom is -0.244 e. The van der Waals surface area contributed by atoms with E-state index in [1.807, 2.05) is 4.74 Å². The first-order valence-electron chi connectivity index (χ1n) is 3.05. The molecule has 0 bridgehead atoms. The molecule has 0 heterocycles. The molecule has 0 atom stereocenters. The van der Waals surface area contributed by atoms with E-state index in [9.17, 15) is 39.5 Å². The number of hydrogen-bond acceptors (Lipinski definition) is 1. The summed E-state index contributed by atoms with van der Waals surface area (Å²) < 4.78 is 109. The van der Waals surface area contributed by atoms with Crippen molar-refractivity contribution in [2.24, 2.45) is 0 Å². The topological polar surface area (TPSA) is 9.23 Å². The van der Waals surface area contributed by atoms with Crippen LogP contribution >= 0.6 is 15.9 Å². The lowest BCUT2D eigenvalue weighted by atomic mass is 10.5. The van der Waals surface area contributed by atoms with Crippen LogP contribution in [0.5, 0.6) is 0 Å². The molecule has 0 saturated carbocycles. The van der Waals surface area contributed by atoms with Crippen molar-refractivity contribution in [3.05, 3.63) is 11.9 Å². The summed E-state index contributed by atoms with van der Waals surface area (Å²) in [5.41, 5.74) is 0. The Morgan fingerprint density at radius 3 is 1.50 bits per heavy atom. The molecule has 0 radical (unpaired) electrons. The van der Waals surface area contributed by atoms with Crippen molar-refractivity contribution in [1.82, 2.24) is 0 Å². The van der Waals surface area contributed by atoms with E-state index in [1.54, 1.807) is 0 Å². The molecule has 11 heteroatoms. The van der Waals surface area contributed by atoms with Crippen LogP contribution in [0.2, 0.25) is 0 Å². The highest BCUT2D eigenvalue weighted by Crippen LogP contribution is 2.45. The van der Waals surface area contributed by atoms with Gasteiger partial charge in [0.2, 0.25) is 0 Å². The van der Waals surface area contributed by atoms with Crippen LogP contribution in [-0.4, -0.2) is 17.0 Å². The van der Waals surface area contributed by atoms with Crippen LogP contribution in [0.4, 0.5) is 39.5 Å². The number of alkyl halides is 7. The summed E-state index contributed by atoms with van der Waals surface area (Å²) in [5, 5.41) is 0. The fraction of sp³-hybridized carbons (Fsp3) is 0.600. The van der Waals surface area contributed by atoms with Gasteiger partial charge in [0.25, 0.3) is 5.83 Å². The van der Waals surface area contributed by atoms with E-state index in [4.69, 9.17) is 0 Å². The monoisotopic (exact) mass is 326 g/mol. The summed E-state index contributed by atoms with van der Waals surface area (Å²) in [6.07, 6.45) is -15.4. The van der Waals surface area contributed by atoms with Crippen molar-refractivity contribution in [2.75, 3.05) is 0 Å². The predicted molar refractivity (Wildman–Crippen MR) is 35.2 cm³/mol. The van der Waals surface area contributed by atoms with Crippen LogP contribution in [0.1, 0.15) is 0 Å². The number of hydrogen-bond donors (Lipinski definition) is 0. The smallest absolute Gasteiger partial charge is 0.244 e. The first-order valence-corrected chi connectivity index (χ1v) is 3.84. The van der Waals surface area contributed by atoms with Crippen molar-refractivity contribution in [1.29, 1.82) is 0 Å². The molecule has 0 rings (SSSR count). The van der Waals surface area contributed by atoms with Gasteiger partial charge in [-0.2, -0.15) is 39.5 Å². The average Bonchev–Trinajstić information content (AvgIpc) is 1.98. The summed E-state index contributed by atoms with van der Waals surface area (Å²) in [7, 11) is 0. The first-order chi connectivity index (χ1) is 6.81. The Kier molecular flexibility index (Phi) is 4.31. The predicted octanol–water partition coefficient (Wildman–Crippen LogP) is 4.25. The molecule has 0 aromatic heterocycles. The van der Waals surface area contributed by atoms with Crippen LogP contribution in [0.15, 0.2) is 11.9 Å². The largest absolute Gasteiger partial charge is 0.434 e. The zero-order valence-corrected chi connectivity index (χ0v) is 8.27. The van der Waals surface area contributed by atoms with Crippen LogP contribution in [0.3, 0.4) is 0 Å². The van der Waals surface area contributed by atoms with Gasteiger partial charge in [0, 0.05) is 15.9 Å². The molecule has 0 aliphatic heterocycles. The molecule has 0 saturated heterocycles. The first kappa shape index (κ1) is 15.5. The molecule has 0 N–H and O–H groups in total. The van der Waals surface area contributed by atoms with Crippen LogP contribution in [0.25, 0.3) is 0 Å². The van der Waals surface area contributed by atoms with E-state index < -0.39 is 29.0 Å². The molecule has 0 aliphatic rings. The average molecular weight is 327 g/mol. The molecular formula is C5BrF9O. The molecule has 0 spiro atoms. The summed E-state index contributed by atoms with van der Waals surface area (Å²) in [6, 6.07) is 0. The van der Waals surface area contributed by atoms with Gasteiger partial charge < -0.3 is 0 Å². The Balaban J connectivity index is 5.07. The van der Waals surface area contributed by atoms with Gasteiger partial charge in [-0.05, 0) is 0 Å². The van der Waals surface area contributed by atoms with Crippen molar-refractivity contribution < 1.29 is 44.3 Å². The Bertz CT molecular complexity index is 289. The molecule has 0 unspecified atom stereocenters. The van der Waals surface area contributed by atoms with Crippen LogP contribution in [0, 0.1) is 0 Å². The van der Waals surface area contributed by atoms with E-state index >= 15 is 0 Å². The zero-order chi connectivity index (χ0) is 13.4. The number of rotatable bonds is 4. The summed E-state index contributed by atoms with van der Waals surface area (Å²) in [4.78, 5) is -5.28. The second-order valence-corrected chi connectivity index (χ2v) is 3.20. The summed E-state index contributed by atoms with van der Waals surface area (Å²) in [5.74, 6) is -3.68. The SMILES string of the molecule is FC(F)=C(F)C(F)(F)OC(F)(F)C(F)(F)Br. The zero-order valence-electron chi connectivity index (χ0n) is 6.69. The Labute approximate surface area is 90.0 Å². The summed E-state index contributed by atoms with van der Waals surface area (Å²) in [6.45, 7) is 0. The minimum absolute atomic E-state index is 0.971. The molecule has 0 amide bonds. The van der Waals surface area contributed by atoms with E-state index in [1.165, 1.54) is 0 Å². The Morgan fingerprint density at radius 1 is 0.875 bits per heavy atom. The lowest BCUT2D eigenvalue weighted by Crippen LogP contribution is -2.44. The van der Waals surface area contributed by atoms with Gasteiger partial charge in [0.15, 0.2) is 0 Å². The normalized spacial score (nSPS) is 13.9. The highest BCUT2D eigenvalue weighted by atomic mass is 79.9. The lowest BCUT2D eigenvalue weighted by Gasteiger charge is -2.25. The third-order valence-electron chi connectivity index (χ3n) is 1.01. The van der Waals surface area contributed by atoms with Gasteiger partial charge in [0.05, 0.1) is 0 Å². The molecular weight excluding hydrogens is 327 g/mol. The molecule has 1 nitrogen and oxygen atoms in total. The van der Waals surface area contributed by atoms with E-state index in [0.29, 0.717) is 0 Å². The van der Waals surface area contributed by atoms with Crippen molar-refractivity contribution >= 4 is 15.9 Å². The van der Waals surface area contributed by atoms with Crippen LogP contribution < -0.4 is 0 Å². The molecule has 0 aromatic carbocycles. The van der Waals surface area contributed by atoms with E-state index in [0.717, 1.165) is 15.9 Å². The van der Waals surface area contributed by atoms with Gasteiger partial charge in [-0.25, -0.2) is 4.74 Å². The third kappa shape index (κ3) is 3.54. The Hall–Kier alpha value is -0.450. The fourth-order valence-electron chi connectivity index (χ4n) is 0.374. The number of ether oxygens (including phenoxy) is 1. The molecule has 0 fully saturated rings. The highest BCUT2D eigenvalue weighted by Gasteiger charge is 2.62. The summed E-state index contributed by atoms with van der Waals surface area (Å²) >= 11 is 0.971. The Morgan fingerprint density at radius 2 is 1.25 bits per heavy atom. The second kappa shape index (κ2) is 4.43. The van der Waals surface area contributed by atoms with Gasteiger partial charge in [-0.3, -0.25) is 0 Å². The quantitative estimate of drug-likeness (QED) is 0.554. The maximum atomic E-state index is 12.1. The fourth-order valence-corrected chi connectivity index (χ4v) is 0.455. The standard InChI is InChI=1S/C5BrF9O/c6-4(12,13)5(14,15)16-3(10,11)1(7)2(8)9. The second-order valence-electron chi connectivity index (χ2n) is 2.21. The lowest BCUT2D eigenvalue weighted by molar-refractivity contribution is -0.402. The van der Waals surface area contributed by atoms with Gasteiger partial charge in [0.1, 0.15) is 0 Å². The van der Waals surface area contributed by atoms with Crippen LogP contribution in [-0.2, 0) is 4.74 Å². The molecule has 0 aromatic rings. The highest BCUT2D eigenvalue weighted by molar-refractivity contribution is 9.10. The van der Waals surface area contributed by atoms with Gasteiger partial charge in [-0.15, -0.1) is 0 Å². The van der Waals surface area contributed by atoms with Gasteiger partial charge in [-0.1, -0.05) is 0 Å². The minimum atomic E-state index is -5.89. The van der Waals surface area contributed by atoms with E-state index in [-0.39, 0.29) is 0 Å².